The lowest BCUT2D eigenvalue weighted by Gasteiger charge is -2.26. The highest BCUT2D eigenvalue weighted by Gasteiger charge is 2.26. The monoisotopic (exact) mass is 518 g/mol. The zero-order chi connectivity index (χ0) is 27.5. The number of fused-ring (bicyclic) bond motifs is 3. The zero-order valence-corrected chi connectivity index (χ0v) is 22.8. The minimum atomic E-state index is -0.346. The van der Waals surface area contributed by atoms with Crippen LogP contribution in [0.1, 0.15) is 36.1 Å². The lowest BCUT2D eigenvalue weighted by atomic mass is 9.78. The predicted octanol–water partition coefficient (Wildman–Crippen LogP) is 8.97. The molecule has 39 heavy (non-hydrogen) atoms. The first-order chi connectivity index (χ1) is 18.7. The summed E-state index contributed by atoms with van der Waals surface area (Å²) in [5.74, 6) is -0.623. The summed E-state index contributed by atoms with van der Waals surface area (Å²) in [7, 11) is 1.90. The van der Waals surface area contributed by atoms with Crippen LogP contribution in [-0.4, -0.2) is 0 Å². The van der Waals surface area contributed by atoms with Gasteiger partial charge in [-0.15, -0.1) is 0 Å². The van der Waals surface area contributed by atoms with E-state index in [4.69, 9.17) is 4.42 Å². The van der Waals surface area contributed by atoms with Gasteiger partial charge in [0.15, 0.2) is 6.20 Å². The van der Waals surface area contributed by atoms with Gasteiger partial charge in [0, 0.05) is 27.8 Å². The number of benzene rings is 4. The molecule has 0 aliphatic rings. The van der Waals surface area contributed by atoms with Gasteiger partial charge in [0.1, 0.15) is 29.8 Å². The van der Waals surface area contributed by atoms with E-state index in [9.17, 15) is 4.39 Å². The third-order valence-electron chi connectivity index (χ3n) is 8.02. The number of rotatable bonds is 4. The molecule has 0 N–H and O–H groups in total. The van der Waals surface area contributed by atoms with Crippen molar-refractivity contribution in [3.8, 4) is 22.4 Å². The molecule has 0 radical (unpaired) electrons. The minimum Gasteiger partial charge on any atom is -0.454 e. The van der Waals surface area contributed by atoms with Gasteiger partial charge in [-0.05, 0) is 48.2 Å². The van der Waals surface area contributed by atoms with Crippen molar-refractivity contribution in [2.45, 2.75) is 33.1 Å². The molecule has 0 aliphatic carbocycles. The van der Waals surface area contributed by atoms with Gasteiger partial charge in [-0.3, -0.25) is 0 Å². The normalized spacial score (nSPS) is 12.0. The molecule has 0 bridgehead atoms. The minimum absolute atomic E-state index is 0.199. The summed E-state index contributed by atoms with van der Waals surface area (Å²) < 4.78 is 38.5. The molecule has 194 valence electrons. The maximum atomic E-state index is 15.5. The number of hydrogen-bond donors (Lipinski definition) is 0. The number of halogens is 2. The zero-order valence-electron chi connectivity index (χ0n) is 22.8. The molecule has 0 aliphatic heterocycles. The summed E-state index contributed by atoms with van der Waals surface area (Å²) >= 11 is 0. The Labute approximate surface area is 227 Å². The van der Waals surface area contributed by atoms with Gasteiger partial charge in [0.25, 0.3) is 0 Å². The Kier molecular flexibility index (Phi) is 5.87. The average Bonchev–Trinajstić information content (AvgIpc) is 3.30. The summed E-state index contributed by atoms with van der Waals surface area (Å²) in [5.41, 5.74) is 7.47. The Morgan fingerprint density at radius 3 is 1.97 bits per heavy atom. The second-order valence-corrected chi connectivity index (χ2v) is 10.9. The van der Waals surface area contributed by atoms with Crippen molar-refractivity contribution >= 4 is 21.9 Å². The fourth-order valence-corrected chi connectivity index (χ4v) is 5.65. The largest absolute Gasteiger partial charge is 0.454 e. The average molecular weight is 519 g/mol. The molecule has 0 atom stereocenters. The molecule has 2 aromatic heterocycles. The van der Waals surface area contributed by atoms with Gasteiger partial charge >= 0.3 is 0 Å². The third-order valence-corrected chi connectivity index (χ3v) is 8.02. The van der Waals surface area contributed by atoms with Crippen molar-refractivity contribution in [1.29, 1.82) is 0 Å². The Bertz CT molecular complexity index is 1870. The molecule has 6 aromatic rings. The Morgan fingerprint density at radius 1 is 0.667 bits per heavy atom. The molecule has 0 unspecified atom stereocenters. The molecular formula is C35H30F2NO+. The molecule has 0 saturated heterocycles. The summed E-state index contributed by atoms with van der Waals surface area (Å²) in [6.45, 7) is 8.11. The van der Waals surface area contributed by atoms with E-state index in [1.807, 2.05) is 61.0 Å². The molecule has 4 aromatic carbocycles. The van der Waals surface area contributed by atoms with Crippen molar-refractivity contribution < 1.29 is 17.8 Å². The number of furan rings is 1. The third kappa shape index (κ3) is 4.02. The fraction of sp³-hybridized carbons (Fsp3) is 0.171. The molecule has 0 amide bonds. The maximum absolute atomic E-state index is 15.5. The lowest BCUT2D eigenvalue weighted by molar-refractivity contribution is -0.661. The fourth-order valence-electron chi connectivity index (χ4n) is 5.65. The van der Waals surface area contributed by atoms with Gasteiger partial charge in [-0.25, -0.2) is 13.3 Å². The van der Waals surface area contributed by atoms with E-state index in [1.165, 1.54) is 11.6 Å². The number of nitrogens with zero attached hydrogens (tertiary/aromatic N) is 1. The molecule has 0 spiro atoms. The van der Waals surface area contributed by atoms with E-state index in [2.05, 4.69) is 38.1 Å². The van der Waals surface area contributed by atoms with Crippen LogP contribution in [0.25, 0.3) is 44.3 Å². The van der Waals surface area contributed by atoms with Crippen molar-refractivity contribution in [1.82, 2.24) is 0 Å². The highest BCUT2D eigenvalue weighted by atomic mass is 19.1. The first kappa shape index (κ1) is 25.0. The van der Waals surface area contributed by atoms with Crippen LogP contribution in [0.5, 0.6) is 0 Å². The quantitative estimate of drug-likeness (QED) is 0.213. The van der Waals surface area contributed by atoms with Gasteiger partial charge in [0.2, 0.25) is 5.69 Å². The molecule has 6 rings (SSSR count). The molecule has 0 fully saturated rings. The van der Waals surface area contributed by atoms with E-state index in [1.54, 1.807) is 25.3 Å². The smallest absolute Gasteiger partial charge is 0.219 e. The van der Waals surface area contributed by atoms with Crippen LogP contribution in [0.15, 0.2) is 95.5 Å². The van der Waals surface area contributed by atoms with Crippen molar-refractivity contribution in [2.75, 3.05) is 0 Å². The van der Waals surface area contributed by atoms with Gasteiger partial charge in [-0.2, -0.15) is 0 Å². The first-order valence-corrected chi connectivity index (χ1v) is 13.1. The first-order valence-electron chi connectivity index (χ1n) is 13.1. The Morgan fingerprint density at radius 2 is 1.28 bits per heavy atom. The van der Waals surface area contributed by atoms with E-state index < -0.39 is 0 Å². The van der Waals surface area contributed by atoms with Crippen LogP contribution in [0.4, 0.5) is 8.78 Å². The highest BCUT2D eigenvalue weighted by molar-refractivity contribution is 6.13. The van der Waals surface area contributed by atoms with Crippen LogP contribution in [-0.2, 0) is 12.5 Å². The predicted molar refractivity (Wildman–Crippen MR) is 154 cm³/mol. The lowest BCUT2D eigenvalue weighted by Crippen LogP contribution is -2.31. The van der Waals surface area contributed by atoms with Crippen molar-refractivity contribution in [2.24, 2.45) is 7.05 Å². The Balaban J connectivity index is 1.54. The van der Waals surface area contributed by atoms with E-state index >= 15 is 4.39 Å². The van der Waals surface area contributed by atoms with Gasteiger partial charge < -0.3 is 4.42 Å². The molecule has 4 heteroatoms. The SMILES string of the molecule is Cc1c[n+](C)c(-c2c(C)ccc3c2oc2c(-c4ccc(C(C)(C)c5ccccc5)cc4)c(F)ccc23)cc1F. The molecule has 0 saturated carbocycles. The molecular weight excluding hydrogens is 488 g/mol. The van der Waals surface area contributed by atoms with Crippen LogP contribution in [0.3, 0.4) is 0 Å². The van der Waals surface area contributed by atoms with Gasteiger partial charge in [-0.1, -0.05) is 80.6 Å². The van der Waals surface area contributed by atoms with Crippen LogP contribution in [0.2, 0.25) is 0 Å². The van der Waals surface area contributed by atoms with Crippen molar-refractivity contribution in [3.05, 3.63) is 125 Å². The summed E-state index contributed by atoms with van der Waals surface area (Å²) in [4.78, 5) is 0. The second kappa shape index (κ2) is 9.16. The standard InChI is InChI=1S/C35H30F2NO/c1-21-11-16-26-27-17-18-28(36)32(23-12-14-25(15-13-23)35(3,4)24-9-7-6-8-10-24)34(27)39-33(26)31(21)30-19-29(37)22(2)20-38(30)5/h6-20H,1-5H3/q+1. The number of aromatic nitrogens is 1. The molecule has 2 heterocycles. The summed E-state index contributed by atoms with van der Waals surface area (Å²) in [6, 6.07) is 27.2. The van der Waals surface area contributed by atoms with Crippen LogP contribution in [0, 0.1) is 25.5 Å². The summed E-state index contributed by atoms with van der Waals surface area (Å²) in [6.07, 6.45) is 1.77. The summed E-state index contributed by atoms with van der Waals surface area (Å²) in [5, 5.41) is 1.70. The molecule has 2 nitrogen and oxygen atoms in total. The van der Waals surface area contributed by atoms with Crippen LogP contribution >= 0.6 is 0 Å². The number of pyridine rings is 1. The van der Waals surface area contributed by atoms with E-state index in [0.717, 1.165) is 33.0 Å². The van der Waals surface area contributed by atoms with E-state index in [-0.39, 0.29) is 17.0 Å². The van der Waals surface area contributed by atoms with Crippen molar-refractivity contribution in [3.63, 3.8) is 0 Å². The topological polar surface area (TPSA) is 17.0 Å². The second-order valence-electron chi connectivity index (χ2n) is 10.9. The maximum Gasteiger partial charge on any atom is 0.219 e. The highest BCUT2D eigenvalue weighted by Crippen LogP contribution is 2.42. The van der Waals surface area contributed by atoms with Gasteiger partial charge in [0.05, 0.1) is 11.1 Å². The van der Waals surface area contributed by atoms with Crippen LogP contribution < -0.4 is 4.57 Å². The van der Waals surface area contributed by atoms with E-state index in [0.29, 0.717) is 28.0 Å². The number of hydrogen-bond acceptors (Lipinski definition) is 1. The Hall–Kier alpha value is -4.31. The number of aryl methyl sites for hydroxylation is 3.